The third-order valence-corrected chi connectivity index (χ3v) is 3.87. The smallest absolute Gasteiger partial charge is 0.260 e. The van der Waals surface area contributed by atoms with Crippen molar-refractivity contribution in [3.63, 3.8) is 0 Å². The summed E-state index contributed by atoms with van der Waals surface area (Å²) in [5, 5.41) is 13.6. The van der Waals surface area contributed by atoms with Gasteiger partial charge in [0.1, 0.15) is 0 Å². The summed E-state index contributed by atoms with van der Waals surface area (Å²) in [7, 11) is 0. The van der Waals surface area contributed by atoms with Crippen molar-refractivity contribution in [2.45, 2.75) is 25.4 Å². The molecule has 2 aromatic carbocycles. The predicted octanol–water partition coefficient (Wildman–Crippen LogP) is 4.08. The SMILES string of the molecule is CCCC(O)(C(=O)Nc1ccc(Br)cc1)c1ccccc1. The normalized spacial score (nSPS) is 13.5. The summed E-state index contributed by atoms with van der Waals surface area (Å²) in [6.45, 7) is 1.95. The van der Waals surface area contributed by atoms with E-state index >= 15 is 0 Å². The van der Waals surface area contributed by atoms with Crippen molar-refractivity contribution in [3.05, 3.63) is 64.6 Å². The van der Waals surface area contributed by atoms with Gasteiger partial charge < -0.3 is 10.4 Å². The molecule has 110 valence electrons. The van der Waals surface area contributed by atoms with Crippen LogP contribution in [0.3, 0.4) is 0 Å². The van der Waals surface area contributed by atoms with E-state index in [1.54, 1.807) is 24.3 Å². The Morgan fingerprint density at radius 3 is 2.33 bits per heavy atom. The Kier molecular flexibility index (Phi) is 5.15. The second kappa shape index (κ2) is 6.87. The maximum Gasteiger partial charge on any atom is 0.260 e. The highest BCUT2D eigenvalue weighted by molar-refractivity contribution is 9.10. The molecular weight excluding hydrogens is 330 g/mol. The van der Waals surface area contributed by atoms with Crippen molar-refractivity contribution in [2.24, 2.45) is 0 Å². The Morgan fingerprint density at radius 2 is 1.76 bits per heavy atom. The number of aliphatic hydroxyl groups is 1. The molecule has 0 aromatic heterocycles. The van der Waals surface area contributed by atoms with E-state index in [9.17, 15) is 9.90 Å². The Labute approximate surface area is 133 Å². The van der Waals surface area contributed by atoms with E-state index in [-0.39, 0.29) is 0 Å². The summed E-state index contributed by atoms with van der Waals surface area (Å²) in [4.78, 5) is 12.5. The standard InChI is InChI=1S/C17H18BrNO2/c1-2-12-17(21,13-6-4-3-5-7-13)16(20)19-15-10-8-14(18)9-11-15/h3-11,21H,2,12H2,1H3,(H,19,20). The van der Waals surface area contributed by atoms with Crippen LogP contribution in [-0.2, 0) is 10.4 Å². The second-order valence-electron chi connectivity index (χ2n) is 4.94. The van der Waals surface area contributed by atoms with Crippen molar-refractivity contribution >= 4 is 27.5 Å². The second-order valence-corrected chi connectivity index (χ2v) is 5.85. The van der Waals surface area contributed by atoms with Gasteiger partial charge in [0.15, 0.2) is 5.60 Å². The molecule has 2 aromatic rings. The molecule has 1 amide bonds. The lowest BCUT2D eigenvalue weighted by molar-refractivity contribution is -0.135. The van der Waals surface area contributed by atoms with Crippen LogP contribution in [0.2, 0.25) is 0 Å². The van der Waals surface area contributed by atoms with E-state index in [0.29, 0.717) is 24.1 Å². The molecule has 0 heterocycles. The van der Waals surface area contributed by atoms with Crippen LogP contribution in [0.1, 0.15) is 25.3 Å². The predicted molar refractivity (Wildman–Crippen MR) is 88.0 cm³/mol. The Hall–Kier alpha value is -1.65. The van der Waals surface area contributed by atoms with Gasteiger partial charge in [-0.25, -0.2) is 0 Å². The van der Waals surface area contributed by atoms with Crippen LogP contribution in [0.25, 0.3) is 0 Å². The van der Waals surface area contributed by atoms with Gasteiger partial charge in [-0.15, -0.1) is 0 Å². The average Bonchev–Trinajstić information content (AvgIpc) is 2.50. The van der Waals surface area contributed by atoms with Crippen molar-refractivity contribution in [2.75, 3.05) is 5.32 Å². The maximum absolute atomic E-state index is 12.5. The zero-order valence-corrected chi connectivity index (χ0v) is 13.4. The number of hydrogen-bond donors (Lipinski definition) is 2. The van der Waals surface area contributed by atoms with Crippen molar-refractivity contribution < 1.29 is 9.90 Å². The van der Waals surface area contributed by atoms with Gasteiger partial charge in [0.05, 0.1) is 0 Å². The largest absolute Gasteiger partial charge is 0.375 e. The summed E-state index contributed by atoms with van der Waals surface area (Å²) in [5.41, 5.74) is -0.238. The lowest BCUT2D eigenvalue weighted by Gasteiger charge is -2.27. The molecule has 0 aliphatic heterocycles. The fourth-order valence-electron chi connectivity index (χ4n) is 2.23. The Morgan fingerprint density at radius 1 is 1.14 bits per heavy atom. The third kappa shape index (κ3) is 3.71. The quantitative estimate of drug-likeness (QED) is 0.856. The number of carbonyl (C=O) groups excluding carboxylic acids is 1. The molecule has 0 spiro atoms. The van der Waals surface area contributed by atoms with Crippen molar-refractivity contribution in [1.29, 1.82) is 0 Å². The molecule has 0 bridgehead atoms. The van der Waals surface area contributed by atoms with Gasteiger partial charge in [-0.3, -0.25) is 4.79 Å². The fraction of sp³-hybridized carbons (Fsp3) is 0.235. The Bertz CT molecular complexity index is 598. The monoisotopic (exact) mass is 347 g/mol. The van der Waals surface area contributed by atoms with E-state index < -0.39 is 11.5 Å². The van der Waals surface area contributed by atoms with Crippen LogP contribution in [-0.4, -0.2) is 11.0 Å². The first kappa shape index (κ1) is 15.7. The minimum Gasteiger partial charge on any atom is -0.375 e. The van der Waals surface area contributed by atoms with E-state index in [1.165, 1.54) is 0 Å². The zero-order valence-electron chi connectivity index (χ0n) is 11.8. The highest BCUT2D eigenvalue weighted by Crippen LogP contribution is 2.28. The lowest BCUT2D eigenvalue weighted by Crippen LogP contribution is -2.40. The number of nitrogens with one attached hydrogen (secondary N) is 1. The number of rotatable bonds is 5. The van der Waals surface area contributed by atoms with Crippen LogP contribution in [0.15, 0.2) is 59.1 Å². The molecule has 21 heavy (non-hydrogen) atoms. The summed E-state index contributed by atoms with van der Waals surface area (Å²) >= 11 is 3.35. The van der Waals surface area contributed by atoms with Gasteiger partial charge in [0.2, 0.25) is 0 Å². The topological polar surface area (TPSA) is 49.3 Å². The molecule has 0 aliphatic carbocycles. The molecule has 0 radical (unpaired) electrons. The van der Waals surface area contributed by atoms with E-state index in [0.717, 1.165) is 4.47 Å². The number of halogens is 1. The molecule has 1 unspecified atom stereocenters. The van der Waals surface area contributed by atoms with E-state index in [1.807, 2.05) is 37.3 Å². The van der Waals surface area contributed by atoms with Crippen LogP contribution >= 0.6 is 15.9 Å². The Balaban J connectivity index is 2.25. The molecule has 1 atom stereocenters. The summed E-state index contributed by atoms with van der Waals surface area (Å²) in [6.07, 6.45) is 1.08. The highest BCUT2D eigenvalue weighted by atomic mass is 79.9. The number of carbonyl (C=O) groups is 1. The fourth-order valence-corrected chi connectivity index (χ4v) is 2.50. The molecule has 2 N–H and O–H groups in total. The molecule has 0 saturated heterocycles. The molecule has 0 aliphatic rings. The van der Waals surface area contributed by atoms with E-state index in [2.05, 4.69) is 21.2 Å². The summed E-state index contributed by atoms with van der Waals surface area (Å²) in [6, 6.07) is 16.3. The number of amides is 1. The van der Waals surface area contributed by atoms with Gasteiger partial charge in [-0.1, -0.05) is 59.6 Å². The van der Waals surface area contributed by atoms with Gasteiger partial charge in [-0.05, 0) is 36.2 Å². The number of anilines is 1. The van der Waals surface area contributed by atoms with Gasteiger partial charge >= 0.3 is 0 Å². The summed E-state index contributed by atoms with van der Waals surface area (Å²) in [5.74, 6) is -0.405. The first-order valence-corrected chi connectivity index (χ1v) is 7.70. The third-order valence-electron chi connectivity index (χ3n) is 3.34. The first-order valence-electron chi connectivity index (χ1n) is 6.91. The van der Waals surface area contributed by atoms with Crippen molar-refractivity contribution in [1.82, 2.24) is 0 Å². The van der Waals surface area contributed by atoms with E-state index in [4.69, 9.17) is 0 Å². The lowest BCUT2D eigenvalue weighted by atomic mass is 9.88. The van der Waals surface area contributed by atoms with Crippen LogP contribution in [0.4, 0.5) is 5.69 Å². The molecule has 4 heteroatoms. The molecule has 3 nitrogen and oxygen atoms in total. The first-order chi connectivity index (χ1) is 10.1. The highest BCUT2D eigenvalue weighted by Gasteiger charge is 2.36. The van der Waals surface area contributed by atoms with Crippen molar-refractivity contribution in [3.8, 4) is 0 Å². The molecule has 0 saturated carbocycles. The molecular formula is C17H18BrNO2. The zero-order chi connectivity index (χ0) is 15.3. The molecule has 2 rings (SSSR count). The minimum absolute atomic E-state index is 0.374. The van der Waals surface area contributed by atoms with Crippen LogP contribution in [0, 0.1) is 0 Å². The summed E-state index contributed by atoms with van der Waals surface area (Å²) < 4.78 is 0.937. The van der Waals surface area contributed by atoms with Crippen LogP contribution < -0.4 is 5.32 Å². The van der Waals surface area contributed by atoms with Crippen LogP contribution in [0.5, 0.6) is 0 Å². The molecule has 0 fully saturated rings. The van der Waals surface area contributed by atoms with Gasteiger partial charge in [0.25, 0.3) is 5.91 Å². The number of hydrogen-bond acceptors (Lipinski definition) is 2. The van der Waals surface area contributed by atoms with Gasteiger partial charge in [-0.2, -0.15) is 0 Å². The minimum atomic E-state index is -1.51. The number of benzene rings is 2. The van der Waals surface area contributed by atoms with Gasteiger partial charge in [0, 0.05) is 10.2 Å². The average molecular weight is 348 g/mol. The maximum atomic E-state index is 12.5.